The van der Waals surface area contributed by atoms with Crippen LogP contribution in [0.15, 0.2) is 18.0 Å². The quantitative estimate of drug-likeness (QED) is 0.926. The molecule has 0 saturated carbocycles. The summed E-state index contributed by atoms with van der Waals surface area (Å²) in [7, 11) is 0. The minimum Gasteiger partial charge on any atom is -0.501 e. The number of halogens is 3. The van der Waals surface area contributed by atoms with Crippen LogP contribution in [0.1, 0.15) is 30.8 Å². The zero-order valence-electron chi connectivity index (χ0n) is 12.5. The van der Waals surface area contributed by atoms with Gasteiger partial charge in [-0.2, -0.15) is 13.2 Å². The van der Waals surface area contributed by atoms with E-state index in [1.807, 2.05) is 0 Å². The molecule has 1 N–H and O–H groups in total. The molecule has 1 unspecified atom stereocenters. The van der Waals surface area contributed by atoms with Crippen LogP contribution in [0.5, 0.6) is 0 Å². The highest BCUT2D eigenvalue weighted by atomic mass is 19.4. The number of imidazole rings is 1. The van der Waals surface area contributed by atoms with Crippen LogP contribution in [0.3, 0.4) is 0 Å². The van der Waals surface area contributed by atoms with Crippen molar-refractivity contribution in [1.82, 2.24) is 14.9 Å². The summed E-state index contributed by atoms with van der Waals surface area (Å²) < 4.78 is 44.7. The minimum atomic E-state index is -4.42. The van der Waals surface area contributed by atoms with E-state index in [0.29, 0.717) is 50.4 Å². The summed E-state index contributed by atoms with van der Waals surface area (Å²) in [5.41, 5.74) is -0.226. The summed E-state index contributed by atoms with van der Waals surface area (Å²) in [5.74, 6) is 0.409. The monoisotopic (exact) mass is 329 g/mol. The summed E-state index contributed by atoms with van der Waals surface area (Å²) in [6.07, 6.45) is 0.844. The summed E-state index contributed by atoms with van der Waals surface area (Å²) in [6, 6.07) is 0. The van der Waals surface area contributed by atoms with Crippen molar-refractivity contribution in [3.63, 3.8) is 0 Å². The normalized spacial score (nSPS) is 21.2. The molecule has 23 heavy (non-hydrogen) atoms. The molecule has 0 aromatic carbocycles. The van der Waals surface area contributed by atoms with Gasteiger partial charge in [0.1, 0.15) is 5.82 Å². The predicted octanol–water partition coefficient (Wildman–Crippen LogP) is 2.27. The largest absolute Gasteiger partial charge is 0.501 e. The molecule has 0 aliphatic carbocycles. The van der Waals surface area contributed by atoms with Crippen molar-refractivity contribution in [2.24, 2.45) is 5.92 Å². The van der Waals surface area contributed by atoms with Crippen molar-refractivity contribution in [2.45, 2.75) is 38.4 Å². The standard InChI is InChI=1S/C15H18F3N3O2/c16-15(17,18)12-8-21-7-10(3-4-13(21)20-12)6-19-14(22)11-2-1-5-23-9-11/h8-10H,1-7H2,(H,19,22). The second-order valence-corrected chi connectivity index (χ2v) is 5.92. The number of nitrogens with zero attached hydrogens (tertiary/aromatic N) is 2. The van der Waals surface area contributed by atoms with E-state index >= 15 is 0 Å². The van der Waals surface area contributed by atoms with Crippen LogP contribution < -0.4 is 5.32 Å². The fourth-order valence-electron chi connectivity index (χ4n) is 2.90. The van der Waals surface area contributed by atoms with Gasteiger partial charge in [0, 0.05) is 25.7 Å². The molecule has 0 saturated heterocycles. The lowest BCUT2D eigenvalue weighted by atomic mass is 9.99. The van der Waals surface area contributed by atoms with Gasteiger partial charge in [-0.25, -0.2) is 4.98 Å². The molecular formula is C15H18F3N3O2. The fraction of sp³-hybridized carbons (Fsp3) is 0.600. The summed E-state index contributed by atoms with van der Waals surface area (Å²) >= 11 is 0. The van der Waals surface area contributed by atoms with Crippen molar-refractivity contribution in [3.05, 3.63) is 29.6 Å². The lowest BCUT2D eigenvalue weighted by Crippen LogP contribution is -2.34. The van der Waals surface area contributed by atoms with Gasteiger partial charge >= 0.3 is 6.18 Å². The Morgan fingerprint density at radius 2 is 2.26 bits per heavy atom. The molecule has 126 valence electrons. The van der Waals surface area contributed by atoms with Crippen molar-refractivity contribution in [3.8, 4) is 0 Å². The van der Waals surface area contributed by atoms with Gasteiger partial charge in [0.05, 0.1) is 18.4 Å². The van der Waals surface area contributed by atoms with Gasteiger partial charge in [0.2, 0.25) is 5.91 Å². The first-order valence-corrected chi connectivity index (χ1v) is 7.65. The van der Waals surface area contributed by atoms with E-state index in [2.05, 4.69) is 10.3 Å². The maximum absolute atomic E-state index is 12.7. The number of nitrogens with one attached hydrogen (secondary N) is 1. The number of fused-ring (bicyclic) bond motifs is 1. The van der Waals surface area contributed by atoms with Crippen LogP contribution in [-0.2, 0) is 28.7 Å². The van der Waals surface area contributed by atoms with E-state index in [1.165, 1.54) is 6.26 Å². The highest BCUT2D eigenvalue weighted by Gasteiger charge is 2.35. The van der Waals surface area contributed by atoms with E-state index in [4.69, 9.17) is 4.74 Å². The van der Waals surface area contributed by atoms with Crippen molar-refractivity contribution in [2.75, 3.05) is 13.2 Å². The summed E-state index contributed by atoms with van der Waals surface area (Å²) in [6.45, 7) is 1.51. The van der Waals surface area contributed by atoms with Crippen molar-refractivity contribution >= 4 is 5.91 Å². The predicted molar refractivity (Wildman–Crippen MR) is 75.3 cm³/mol. The zero-order chi connectivity index (χ0) is 16.4. The smallest absolute Gasteiger partial charge is 0.434 e. The number of hydrogen-bond donors (Lipinski definition) is 1. The minimum absolute atomic E-state index is 0.104. The van der Waals surface area contributed by atoms with Crippen LogP contribution in [-0.4, -0.2) is 28.6 Å². The van der Waals surface area contributed by atoms with Gasteiger partial charge in [-0.3, -0.25) is 4.79 Å². The van der Waals surface area contributed by atoms with Gasteiger partial charge in [-0.1, -0.05) is 0 Å². The maximum Gasteiger partial charge on any atom is 0.434 e. The van der Waals surface area contributed by atoms with E-state index in [-0.39, 0.29) is 11.8 Å². The molecule has 0 fully saturated rings. The fourth-order valence-corrected chi connectivity index (χ4v) is 2.90. The molecule has 5 nitrogen and oxygen atoms in total. The number of carbonyl (C=O) groups is 1. The average Bonchev–Trinajstić information content (AvgIpc) is 2.97. The Hall–Kier alpha value is -1.99. The third-order valence-corrected chi connectivity index (χ3v) is 4.16. The first-order chi connectivity index (χ1) is 10.9. The number of aromatic nitrogens is 2. The third kappa shape index (κ3) is 3.68. The first kappa shape index (κ1) is 15.9. The SMILES string of the molecule is O=C(NCC1CCc2nc(C(F)(F)F)cn2C1)C1=COCCC1. The zero-order valence-corrected chi connectivity index (χ0v) is 12.5. The van der Waals surface area contributed by atoms with Gasteiger partial charge in [0.25, 0.3) is 0 Å². The highest BCUT2D eigenvalue weighted by Crippen LogP contribution is 2.30. The van der Waals surface area contributed by atoms with Crippen LogP contribution in [0, 0.1) is 5.92 Å². The van der Waals surface area contributed by atoms with Crippen molar-refractivity contribution < 1.29 is 22.7 Å². The number of hydrogen-bond acceptors (Lipinski definition) is 3. The van der Waals surface area contributed by atoms with E-state index in [0.717, 1.165) is 12.6 Å². The van der Waals surface area contributed by atoms with Gasteiger partial charge in [-0.15, -0.1) is 0 Å². The maximum atomic E-state index is 12.7. The number of alkyl halides is 3. The molecule has 1 atom stereocenters. The molecule has 1 aromatic rings. The Labute approximate surface area is 131 Å². The molecule has 1 amide bonds. The second kappa shape index (κ2) is 6.25. The first-order valence-electron chi connectivity index (χ1n) is 7.65. The summed E-state index contributed by atoms with van der Waals surface area (Å²) in [5, 5.41) is 2.85. The van der Waals surface area contributed by atoms with Crippen molar-refractivity contribution in [1.29, 1.82) is 0 Å². The molecule has 3 heterocycles. The molecule has 2 aliphatic rings. The molecule has 3 rings (SSSR count). The Kier molecular flexibility index (Phi) is 4.32. The molecule has 1 aromatic heterocycles. The average molecular weight is 329 g/mol. The number of aryl methyl sites for hydroxylation is 1. The second-order valence-electron chi connectivity index (χ2n) is 5.92. The lowest BCUT2D eigenvalue weighted by Gasteiger charge is -2.24. The highest BCUT2D eigenvalue weighted by molar-refractivity contribution is 5.93. The Morgan fingerprint density at radius 1 is 1.43 bits per heavy atom. The number of ether oxygens (including phenoxy) is 1. The topological polar surface area (TPSA) is 56.2 Å². The molecule has 0 radical (unpaired) electrons. The molecule has 0 spiro atoms. The Morgan fingerprint density at radius 3 is 2.96 bits per heavy atom. The number of amides is 1. The molecule has 0 bridgehead atoms. The number of carbonyl (C=O) groups excluding carboxylic acids is 1. The molecule has 2 aliphatic heterocycles. The van der Waals surface area contributed by atoms with E-state index in [1.54, 1.807) is 4.57 Å². The van der Waals surface area contributed by atoms with Gasteiger partial charge in [-0.05, 0) is 25.2 Å². The molecular weight excluding hydrogens is 311 g/mol. The van der Waals surface area contributed by atoms with Crippen LogP contribution in [0.4, 0.5) is 13.2 Å². The third-order valence-electron chi connectivity index (χ3n) is 4.16. The summed E-state index contributed by atoms with van der Waals surface area (Å²) in [4.78, 5) is 15.6. The van der Waals surface area contributed by atoms with Gasteiger partial charge in [0.15, 0.2) is 5.69 Å². The van der Waals surface area contributed by atoms with Gasteiger partial charge < -0.3 is 14.6 Å². The van der Waals surface area contributed by atoms with Crippen LogP contribution >= 0.6 is 0 Å². The van der Waals surface area contributed by atoms with Crippen LogP contribution in [0.25, 0.3) is 0 Å². The molecule has 8 heteroatoms. The Balaban J connectivity index is 1.56. The number of rotatable bonds is 3. The van der Waals surface area contributed by atoms with E-state index < -0.39 is 11.9 Å². The van der Waals surface area contributed by atoms with Crippen LogP contribution in [0.2, 0.25) is 0 Å². The lowest BCUT2D eigenvalue weighted by molar-refractivity contribution is -0.141. The Bertz CT molecular complexity index is 622. The van der Waals surface area contributed by atoms with E-state index in [9.17, 15) is 18.0 Å².